The summed E-state index contributed by atoms with van der Waals surface area (Å²) >= 11 is 0. The van der Waals surface area contributed by atoms with Crippen LogP contribution in [0.1, 0.15) is 24.6 Å². The Balaban J connectivity index is 2.18. The van der Waals surface area contributed by atoms with Crippen LogP contribution in [0.4, 0.5) is 11.5 Å². The quantitative estimate of drug-likeness (QED) is 0.589. The molecule has 0 saturated carbocycles. The minimum absolute atomic E-state index is 0.397. The molecule has 1 aliphatic rings. The molecule has 2 rings (SSSR count). The predicted molar refractivity (Wildman–Crippen MR) is 55.7 cm³/mol. The molecule has 5 N–H and O–H groups in total. The zero-order chi connectivity index (χ0) is 9.97. The minimum Gasteiger partial charge on any atom is -0.394 e. The highest BCUT2D eigenvalue weighted by Crippen LogP contribution is 2.23. The molecule has 1 fully saturated rings. The average molecular weight is 193 g/mol. The van der Waals surface area contributed by atoms with Crippen LogP contribution in [0.15, 0.2) is 6.20 Å². The Morgan fingerprint density at radius 2 is 2.00 bits per heavy atom. The van der Waals surface area contributed by atoms with E-state index in [0.717, 1.165) is 31.8 Å². The number of hydrogen-bond donors (Lipinski definition) is 3. The molecule has 0 aromatic carbocycles. The van der Waals surface area contributed by atoms with Crippen LogP contribution in [0.2, 0.25) is 0 Å². The Labute approximate surface area is 82.9 Å². The van der Waals surface area contributed by atoms with Crippen LogP contribution in [0.3, 0.4) is 0 Å². The molecule has 1 aromatic rings. The van der Waals surface area contributed by atoms with E-state index in [1.807, 2.05) is 0 Å². The van der Waals surface area contributed by atoms with Gasteiger partial charge in [0.25, 0.3) is 0 Å². The van der Waals surface area contributed by atoms with Gasteiger partial charge in [-0.15, -0.1) is 0 Å². The first kappa shape index (κ1) is 9.21. The summed E-state index contributed by atoms with van der Waals surface area (Å²) in [6.45, 7) is 2.05. The van der Waals surface area contributed by atoms with Crippen LogP contribution in [-0.4, -0.2) is 23.1 Å². The number of nitrogens with two attached hydrogens (primary N) is 2. The van der Waals surface area contributed by atoms with Crippen LogP contribution in [-0.2, 0) is 0 Å². The van der Waals surface area contributed by atoms with Gasteiger partial charge in [0.05, 0.1) is 11.9 Å². The summed E-state index contributed by atoms with van der Waals surface area (Å²) in [5.41, 5.74) is 11.7. The van der Waals surface area contributed by atoms with E-state index in [0.29, 0.717) is 17.4 Å². The minimum atomic E-state index is 0.397. The zero-order valence-corrected chi connectivity index (χ0v) is 8.03. The lowest BCUT2D eigenvalue weighted by Gasteiger charge is -2.21. The van der Waals surface area contributed by atoms with Crippen molar-refractivity contribution in [1.29, 1.82) is 0 Å². The Bertz CT molecular complexity index is 319. The van der Waals surface area contributed by atoms with Crippen molar-refractivity contribution in [2.75, 3.05) is 24.6 Å². The molecule has 0 unspecified atom stereocenters. The van der Waals surface area contributed by atoms with E-state index in [1.54, 1.807) is 6.20 Å². The molecule has 1 saturated heterocycles. The van der Waals surface area contributed by atoms with Gasteiger partial charge in [0.15, 0.2) is 0 Å². The van der Waals surface area contributed by atoms with Crippen molar-refractivity contribution < 1.29 is 0 Å². The number of nitrogen functional groups attached to an aromatic ring is 2. The Kier molecular flexibility index (Phi) is 2.49. The molecule has 0 bridgehead atoms. The summed E-state index contributed by atoms with van der Waals surface area (Å²) in [6, 6.07) is 0. The Morgan fingerprint density at radius 3 is 2.64 bits per heavy atom. The standard InChI is InChI=1S/C9H15N5/c10-7-5-13-9(14-8(7)11)6-1-3-12-4-2-6/h5-6,12H,1-4,10H2,(H2,11,13,14). The molecule has 0 atom stereocenters. The van der Waals surface area contributed by atoms with Crippen molar-refractivity contribution in [2.45, 2.75) is 18.8 Å². The van der Waals surface area contributed by atoms with Gasteiger partial charge in [-0.3, -0.25) is 0 Å². The normalized spacial score (nSPS) is 18.3. The molecule has 0 spiro atoms. The zero-order valence-electron chi connectivity index (χ0n) is 8.03. The summed E-state index contributed by atoms with van der Waals surface area (Å²) in [5.74, 6) is 1.66. The third-order valence-corrected chi connectivity index (χ3v) is 2.57. The van der Waals surface area contributed by atoms with E-state index in [2.05, 4.69) is 15.3 Å². The molecule has 5 nitrogen and oxygen atoms in total. The van der Waals surface area contributed by atoms with Crippen molar-refractivity contribution in [3.63, 3.8) is 0 Å². The highest BCUT2D eigenvalue weighted by atomic mass is 15.0. The van der Waals surface area contributed by atoms with Crippen molar-refractivity contribution in [3.05, 3.63) is 12.0 Å². The first-order valence-electron chi connectivity index (χ1n) is 4.86. The first-order chi connectivity index (χ1) is 6.77. The second kappa shape index (κ2) is 3.79. The van der Waals surface area contributed by atoms with Crippen molar-refractivity contribution in [3.8, 4) is 0 Å². The maximum absolute atomic E-state index is 5.64. The maximum Gasteiger partial charge on any atom is 0.150 e. The van der Waals surface area contributed by atoms with E-state index >= 15 is 0 Å². The lowest BCUT2D eigenvalue weighted by molar-refractivity contribution is 0.445. The van der Waals surface area contributed by atoms with Crippen LogP contribution in [0.25, 0.3) is 0 Å². The summed E-state index contributed by atoms with van der Waals surface area (Å²) in [7, 11) is 0. The van der Waals surface area contributed by atoms with Crippen molar-refractivity contribution >= 4 is 11.5 Å². The molecule has 5 heteroatoms. The number of piperidine rings is 1. The third-order valence-electron chi connectivity index (χ3n) is 2.57. The van der Waals surface area contributed by atoms with E-state index in [-0.39, 0.29) is 0 Å². The molecule has 0 aliphatic carbocycles. The van der Waals surface area contributed by atoms with Crippen molar-refractivity contribution in [1.82, 2.24) is 15.3 Å². The SMILES string of the molecule is Nc1cnc(C2CCNCC2)nc1N. The fourth-order valence-corrected chi connectivity index (χ4v) is 1.70. The van der Waals surface area contributed by atoms with Gasteiger partial charge in [-0.25, -0.2) is 9.97 Å². The van der Waals surface area contributed by atoms with E-state index < -0.39 is 0 Å². The number of hydrogen-bond acceptors (Lipinski definition) is 5. The lowest BCUT2D eigenvalue weighted by Crippen LogP contribution is -2.27. The number of nitrogens with zero attached hydrogens (tertiary/aromatic N) is 2. The summed E-state index contributed by atoms with van der Waals surface area (Å²) in [6.07, 6.45) is 3.74. The predicted octanol–water partition coefficient (Wildman–Crippen LogP) is 0.108. The van der Waals surface area contributed by atoms with E-state index in [4.69, 9.17) is 11.5 Å². The van der Waals surface area contributed by atoms with E-state index in [1.165, 1.54) is 0 Å². The topological polar surface area (TPSA) is 89.8 Å². The first-order valence-corrected chi connectivity index (χ1v) is 4.86. The van der Waals surface area contributed by atoms with Crippen LogP contribution >= 0.6 is 0 Å². The number of rotatable bonds is 1. The fourth-order valence-electron chi connectivity index (χ4n) is 1.70. The molecule has 0 amide bonds. The molecule has 76 valence electrons. The molecule has 2 heterocycles. The summed E-state index contributed by atoms with van der Waals surface area (Å²) < 4.78 is 0. The third kappa shape index (κ3) is 1.77. The second-order valence-corrected chi connectivity index (χ2v) is 3.59. The van der Waals surface area contributed by atoms with Crippen LogP contribution < -0.4 is 16.8 Å². The van der Waals surface area contributed by atoms with Gasteiger partial charge in [-0.1, -0.05) is 0 Å². The van der Waals surface area contributed by atoms with Crippen LogP contribution in [0, 0.1) is 0 Å². The Hall–Kier alpha value is -1.36. The number of anilines is 2. The van der Waals surface area contributed by atoms with Gasteiger partial charge in [-0.05, 0) is 25.9 Å². The Morgan fingerprint density at radius 1 is 1.29 bits per heavy atom. The van der Waals surface area contributed by atoms with Gasteiger partial charge in [0, 0.05) is 5.92 Å². The highest BCUT2D eigenvalue weighted by molar-refractivity contribution is 5.56. The van der Waals surface area contributed by atoms with Gasteiger partial charge < -0.3 is 16.8 Å². The molecule has 0 radical (unpaired) electrons. The molecule has 1 aliphatic heterocycles. The average Bonchev–Trinajstić information content (AvgIpc) is 2.23. The maximum atomic E-state index is 5.64. The van der Waals surface area contributed by atoms with Crippen molar-refractivity contribution in [2.24, 2.45) is 0 Å². The number of nitrogens with one attached hydrogen (secondary N) is 1. The number of aromatic nitrogens is 2. The smallest absolute Gasteiger partial charge is 0.150 e. The van der Waals surface area contributed by atoms with Gasteiger partial charge in [0.1, 0.15) is 11.6 Å². The summed E-state index contributed by atoms with van der Waals surface area (Å²) in [5, 5.41) is 3.30. The molecule has 1 aromatic heterocycles. The van der Waals surface area contributed by atoms with E-state index in [9.17, 15) is 0 Å². The molecular weight excluding hydrogens is 178 g/mol. The molecule has 14 heavy (non-hydrogen) atoms. The van der Waals surface area contributed by atoms with Gasteiger partial charge in [-0.2, -0.15) is 0 Å². The molecular formula is C9H15N5. The van der Waals surface area contributed by atoms with Crippen LogP contribution in [0.5, 0.6) is 0 Å². The largest absolute Gasteiger partial charge is 0.394 e. The monoisotopic (exact) mass is 193 g/mol. The lowest BCUT2D eigenvalue weighted by atomic mass is 9.97. The second-order valence-electron chi connectivity index (χ2n) is 3.59. The fraction of sp³-hybridized carbons (Fsp3) is 0.556. The highest BCUT2D eigenvalue weighted by Gasteiger charge is 2.18. The van der Waals surface area contributed by atoms with Gasteiger partial charge >= 0.3 is 0 Å². The van der Waals surface area contributed by atoms with Gasteiger partial charge in [0.2, 0.25) is 0 Å². The summed E-state index contributed by atoms with van der Waals surface area (Å²) in [4.78, 5) is 8.43.